The Hall–Kier alpha value is -1.85. The minimum Gasteiger partial charge on any atom is -0.481 e. The van der Waals surface area contributed by atoms with Gasteiger partial charge in [0.05, 0.1) is 5.92 Å². The molecule has 1 fully saturated rings. The van der Waals surface area contributed by atoms with Crippen LogP contribution in [0.1, 0.15) is 55.7 Å². The summed E-state index contributed by atoms with van der Waals surface area (Å²) in [6.45, 7) is 4.23. The molecule has 1 aliphatic carbocycles. The van der Waals surface area contributed by atoms with Gasteiger partial charge in [-0.3, -0.25) is 14.7 Å². The number of amides is 1. The minimum atomic E-state index is -0.731. The monoisotopic (exact) mass is 293 g/mol. The van der Waals surface area contributed by atoms with E-state index in [1.807, 2.05) is 0 Å². The SMILES string of the molecule is CC(C)Cc1cc(C(=O)NC2CCC(C(=O)O)CC2)n[nH]1. The molecule has 1 saturated carbocycles. The van der Waals surface area contributed by atoms with Crippen LogP contribution in [-0.2, 0) is 11.2 Å². The molecule has 1 heterocycles. The molecule has 0 radical (unpaired) electrons. The molecule has 1 aromatic rings. The summed E-state index contributed by atoms with van der Waals surface area (Å²) in [5.41, 5.74) is 1.37. The molecule has 1 aromatic heterocycles. The zero-order valence-corrected chi connectivity index (χ0v) is 12.6. The van der Waals surface area contributed by atoms with Crippen LogP contribution in [0.5, 0.6) is 0 Å². The lowest BCUT2D eigenvalue weighted by Gasteiger charge is -2.26. The predicted molar refractivity (Wildman–Crippen MR) is 78.0 cm³/mol. The van der Waals surface area contributed by atoms with Gasteiger partial charge < -0.3 is 10.4 Å². The molecule has 0 aromatic carbocycles. The average Bonchev–Trinajstić information content (AvgIpc) is 2.87. The van der Waals surface area contributed by atoms with Gasteiger partial charge in [-0.15, -0.1) is 0 Å². The number of aliphatic carboxylic acids is 1. The molecule has 21 heavy (non-hydrogen) atoms. The molecule has 0 saturated heterocycles. The Kier molecular flexibility index (Phi) is 4.98. The van der Waals surface area contributed by atoms with Crippen molar-refractivity contribution in [1.82, 2.24) is 15.5 Å². The molecule has 0 aliphatic heterocycles. The molecule has 0 spiro atoms. The maximum atomic E-state index is 12.1. The molecule has 116 valence electrons. The molecule has 0 bridgehead atoms. The molecular formula is C15H23N3O3. The first-order valence-corrected chi connectivity index (χ1v) is 7.53. The minimum absolute atomic E-state index is 0.0540. The van der Waals surface area contributed by atoms with Crippen molar-refractivity contribution in [3.05, 3.63) is 17.5 Å². The number of carbonyl (C=O) groups excluding carboxylic acids is 1. The van der Waals surface area contributed by atoms with Crippen LogP contribution in [0.3, 0.4) is 0 Å². The summed E-state index contributed by atoms with van der Waals surface area (Å²) in [7, 11) is 0. The second-order valence-corrected chi connectivity index (χ2v) is 6.24. The highest BCUT2D eigenvalue weighted by molar-refractivity contribution is 5.92. The van der Waals surface area contributed by atoms with Crippen molar-refractivity contribution in [3.63, 3.8) is 0 Å². The van der Waals surface area contributed by atoms with Crippen molar-refractivity contribution in [3.8, 4) is 0 Å². The summed E-state index contributed by atoms with van der Waals surface area (Å²) in [4.78, 5) is 23.0. The molecule has 3 N–H and O–H groups in total. The van der Waals surface area contributed by atoms with Crippen molar-refractivity contribution in [2.45, 2.75) is 52.0 Å². The fraction of sp³-hybridized carbons (Fsp3) is 0.667. The second kappa shape index (κ2) is 6.74. The van der Waals surface area contributed by atoms with Crippen LogP contribution >= 0.6 is 0 Å². The Morgan fingerprint density at radius 3 is 2.62 bits per heavy atom. The van der Waals surface area contributed by atoms with Crippen molar-refractivity contribution >= 4 is 11.9 Å². The van der Waals surface area contributed by atoms with E-state index in [1.54, 1.807) is 6.07 Å². The number of rotatable bonds is 5. The number of hydrogen-bond donors (Lipinski definition) is 3. The van der Waals surface area contributed by atoms with E-state index in [-0.39, 0.29) is 17.9 Å². The lowest BCUT2D eigenvalue weighted by atomic mass is 9.86. The summed E-state index contributed by atoms with van der Waals surface area (Å²) in [5.74, 6) is -0.667. The van der Waals surface area contributed by atoms with Crippen molar-refractivity contribution in [1.29, 1.82) is 0 Å². The number of carboxylic acids is 1. The number of H-pyrrole nitrogens is 1. The van der Waals surface area contributed by atoms with Gasteiger partial charge in [0, 0.05) is 11.7 Å². The fourth-order valence-electron chi connectivity index (χ4n) is 2.77. The molecule has 0 atom stereocenters. The normalized spacial score (nSPS) is 22.2. The predicted octanol–water partition coefficient (Wildman–Crippen LogP) is 1.98. The largest absolute Gasteiger partial charge is 0.481 e. The average molecular weight is 293 g/mol. The Balaban J connectivity index is 1.85. The number of carboxylic acid groups (broad SMARTS) is 1. The lowest BCUT2D eigenvalue weighted by Crippen LogP contribution is -2.38. The van der Waals surface area contributed by atoms with Crippen LogP contribution in [0.2, 0.25) is 0 Å². The Bertz CT molecular complexity index is 502. The standard InChI is InChI=1S/C15H23N3O3/c1-9(2)7-12-8-13(18-17-12)14(19)16-11-5-3-10(4-6-11)15(20)21/h8-11H,3-7H2,1-2H3,(H,16,19)(H,17,18)(H,20,21). The summed E-state index contributed by atoms with van der Waals surface area (Å²) in [6, 6.07) is 1.84. The van der Waals surface area contributed by atoms with Crippen LogP contribution in [-0.4, -0.2) is 33.2 Å². The molecule has 0 unspecified atom stereocenters. The van der Waals surface area contributed by atoms with E-state index < -0.39 is 5.97 Å². The molecular weight excluding hydrogens is 270 g/mol. The number of aromatic amines is 1. The first kappa shape index (κ1) is 15.5. The van der Waals surface area contributed by atoms with Crippen molar-refractivity contribution < 1.29 is 14.7 Å². The Labute approximate surface area is 124 Å². The van der Waals surface area contributed by atoms with E-state index >= 15 is 0 Å². The van der Waals surface area contributed by atoms with Gasteiger partial charge in [-0.2, -0.15) is 5.10 Å². The summed E-state index contributed by atoms with van der Waals surface area (Å²) in [5, 5.41) is 18.8. The summed E-state index contributed by atoms with van der Waals surface area (Å²) in [6.07, 6.45) is 3.54. The quantitative estimate of drug-likeness (QED) is 0.773. The number of hydrogen-bond acceptors (Lipinski definition) is 3. The van der Waals surface area contributed by atoms with Crippen LogP contribution < -0.4 is 5.32 Å². The van der Waals surface area contributed by atoms with E-state index in [0.29, 0.717) is 37.3 Å². The van der Waals surface area contributed by atoms with Gasteiger partial charge in [-0.1, -0.05) is 13.8 Å². The first-order valence-electron chi connectivity index (χ1n) is 7.53. The second-order valence-electron chi connectivity index (χ2n) is 6.24. The first-order chi connectivity index (χ1) is 9.95. The van der Waals surface area contributed by atoms with Crippen molar-refractivity contribution in [2.75, 3.05) is 0 Å². The molecule has 6 nitrogen and oxygen atoms in total. The van der Waals surface area contributed by atoms with Gasteiger partial charge in [0.15, 0.2) is 0 Å². The van der Waals surface area contributed by atoms with E-state index in [4.69, 9.17) is 5.11 Å². The summed E-state index contributed by atoms with van der Waals surface area (Å²) < 4.78 is 0. The van der Waals surface area contributed by atoms with Gasteiger partial charge >= 0.3 is 5.97 Å². The fourth-order valence-corrected chi connectivity index (χ4v) is 2.77. The van der Waals surface area contributed by atoms with Gasteiger partial charge in [-0.25, -0.2) is 0 Å². The number of nitrogens with zero attached hydrogens (tertiary/aromatic N) is 1. The maximum absolute atomic E-state index is 12.1. The maximum Gasteiger partial charge on any atom is 0.306 e. The highest BCUT2D eigenvalue weighted by Crippen LogP contribution is 2.24. The van der Waals surface area contributed by atoms with Crippen LogP contribution in [0.15, 0.2) is 6.07 Å². The third-order valence-electron chi connectivity index (χ3n) is 3.90. The number of nitrogens with one attached hydrogen (secondary N) is 2. The third-order valence-corrected chi connectivity index (χ3v) is 3.90. The zero-order valence-electron chi connectivity index (χ0n) is 12.6. The van der Waals surface area contributed by atoms with Gasteiger partial charge in [0.1, 0.15) is 5.69 Å². The van der Waals surface area contributed by atoms with Gasteiger partial charge in [-0.05, 0) is 44.1 Å². The smallest absolute Gasteiger partial charge is 0.306 e. The highest BCUT2D eigenvalue weighted by atomic mass is 16.4. The topological polar surface area (TPSA) is 95.1 Å². The number of aromatic nitrogens is 2. The van der Waals surface area contributed by atoms with Crippen molar-refractivity contribution in [2.24, 2.45) is 11.8 Å². The third kappa shape index (κ3) is 4.31. The molecule has 2 rings (SSSR count). The molecule has 1 aliphatic rings. The van der Waals surface area contributed by atoms with Crippen LogP contribution in [0.4, 0.5) is 0 Å². The van der Waals surface area contributed by atoms with E-state index in [9.17, 15) is 9.59 Å². The molecule has 1 amide bonds. The lowest BCUT2D eigenvalue weighted by molar-refractivity contribution is -0.142. The molecule has 6 heteroatoms. The Morgan fingerprint density at radius 2 is 2.05 bits per heavy atom. The Morgan fingerprint density at radius 1 is 1.38 bits per heavy atom. The highest BCUT2D eigenvalue weighted by Gasteiger charge is 2.27. The zero-order chi connectivity index (χ0) is 15.4. The van der Waals surface area contributed by atoms with Gasteiger partial charge in [0.2, 0.25) is 0 Å². The van der Waals surface area contributed by atoms with Gasteiger partial charge in [0.25, 0.3) is 5.91 Å². The van der Waals surface area contributed by atoms with E-state index in [0.717, 1.165) is 12.1 Å². The van der Waals surface area contributed by atoms with Crippen LogP contribution in [0, 0.1) is 11.8 Å². The summed E-state index contributed by atoms with van der Waals surface area (Å²) >= 11 is 0. The van der Waals surface area contributed by atoms with E-state index in [1.165, 1.54) is 0 Å². The number of carbonyl (C=O) groups is 2. The van der Waals surface area contributed by atoms with E-state index in [2.05, 4.69) is 29.4 Å². The van der Waals surface area contributed by atoms with Crippen LogP contribution in [0.25, 0.3) is 0 Å².